The third kappa shape index (κ3) is 6.42. The zero-order valence-corrected chi connectivity index (χ0v) is 34.0. The van der Waals surface area contributed by atoms with Crippen molar-refractivity contribution in [2.24, 2.45) is 5.92 Å². The molecule has 0 aliphatic heterocycles. The van der Waals surface area contributed by atoms with Gasteiger partial charge in [-0.05, 0) is 108 Å². The molecule has 4 heteroatoms. The first-order valence-corrected chi connectivity index (χ1v) is 22.0. The molecule has 1 aliphatic rings. The number of hydrogen-bond donors (Lipinski definition) is 0. The van der Waals surface area contributed by atoms with Crippen LogP contribution in [-0.4, -0.2) is 0 Å². The molecule has 59 heavy (non-hydrogen) atoms. The predicted molar refractivity (Wildman–Crippen MR) is 256 cm³/mol. The van der Waals surface area contributed by atoms with Gasteiger partial charge in [-0.2, -0.15) is 0 Å². The summed E-state index contributed by atoms with van der Waals surface area (Å²) < 4.78 is 5.23. The van der Waals surface area contributed by atoms with Crippen LogP contribution >= 0.6 is 22.7 Å². The molecule has 0 spiro atoms. The molecule has 2 aromatic heterocycles. The Morgan fingerprint density at radius 2 is 1.00 bits per heavy atom. The second-order valence-corrected chi connectivity index (χ2v) is 17.4. The molecule has 0 N–H and O–H groups in total. The smallest absolute Gasteiger partial charge is 0.0575 e. The third-order valence-electron chi connectivity index (χ3n) is 11.7. The van der Waals surface area contributed by atoms with E-state index in [2.05, 4.69) is 228 Å². The minimum absolute atomic E-state index is 0.172. The maximum atomic E-state index is 2.53. The Labute approximate surface area is 352 Å². The normalized spacial score (nSPS) is 14.3. The standard InChI is InChI=1S/C55H40N2S2/c1-6-19-38(20-7-1)53(46-30-18-32-51-54(46)45-29-16-17-31-49(45)58-51)39-33-34-50-47(35-39)55-48(57(42-25-12-4-13-26-42)43-27-14-5-15-28-43)36-44(37-52(55)59-50)56(40-21-8-2-9-22-40)41-23-10-3-11-24-41/h1-19,21-38,53H,20H2. The lowest BCUT2D eigenvalue weighted by molar-refractivity contribution is 0.576. The highest BCUT2D eigenvalue weighted by molar-refractivity contribution is 7.26. The minimum Gasteiger partial charge on any atom is -0.310 e. The molecule has 0 saturated heterocycles. The van der Waals surface area contributed by atoms with Crippen molar-refractivity contribution in [1.82, 2.24) is 0 Å². The molecule has 8 aromatic carbocycles. The molecular formula is C55H40N2S2. The zero-order valence-electron chi connectivity index (χ0n) is 32.4. The van der Waals surface area contributed by atoms with Gasteiger partial charge in [-0.3, -0.25) is 0 Å². The molecular weight excluding hydrogens is 753 g/mol. The summed E-state index contributed by atoms with van der Waals surface area (Å²) in [4.78, 5) is 4.83. The van der Waals surface area contributed by atoms with Crippen LogP contribution in [0.5, 0.6) is 0 Å². The number of thiophene rings is 2. The monoisotopic (exact) mass is 792 g/mol. The van der Waals surface area contributed by atoms with Gasteiger partial charge in [0.2, 0.25) is 0 Å². The van der Waals surface area contributed by atoms with Gasteiger partial charge in [-0.1, -0.05) is 133 Å². The van der Waals surface area contributed by atoms with Gasteiger partial charge in [0.05, 0.1) is 5.69 Å². The Balaban J connectivity index is 1.20. The molecule has 2 nitrogen and oxygen atoms in total. The molecule has 1 aliphatic carbocycles. The second kappa shape index (κ2) is 15.2. The van der Waals surface area contributed by atoms with Crippen molar-refractivity contribution in [2.45, 2.75) is 12.3 Å². The molecule has 0 radical (unpaired) electrons. The first-order valence-electron chi connectivity index (χ1n) is 20.3. The fraction of sp³-hybridized carbons (Fsp3) is 0.0545. The van der Waals surface area contributed by atoms with Gasteiger partial charge in [0.15, 0.2) is 0 Å². The van der Waals surface area contributed by atoms with Crippen LogP contribution in [0.1, 0.15) is 23.5 Å². The van der Waals surface area contributed by atoms with E-state index < -0.39 is 0 Å². The SMILES string of the molecule is C1=CCC(C(c2ccc3sc4cc(N(c5ccccc5)c5ccccc5)cc(N(c5ccccc5)c5ccccc5)c4c3c2)c2cccc3sc4ccccc4c23)C=C1. The summed E-state index contributed by atoms with van der Waals surface area (Å²) in [5.74, 6) is 0.499. The quantitative estimate of drug-likeness (QED) is 0.144. The van der Waals surface area contributed by atoms with Crippen LogP contribution in [-0.2, 0) is 0 Å². The minimum atomic E-state index is 0.172. The topological polar surface area (TPSA) is 6.48 Å². The van der Waals surface area contributed by atoms with E-state index in [4.69, 9.17) is 0 Å². The van der Waals surface area contributed by atoms with Crippen LogP contribution in [0.2, 0.25) is 0 Å². The van der Waals surface area contributed by atoms with Crippen molar-refractivity contribution in [3.8, 4) is 0 Å². The van der Waals surface area contributed by atoms with E-state index >= 15 is 0 Å². The van der Waals surface area contributed by atoms with Crippen molar-refractivity contribution in [3.05, 3.63) is 230 Å². The fourth-order valence-corrected chi connectivity index (χ4v) is 11.4. The molecule has 282 valence electrons. The number of nitrogens with zero attached hydrogens (tertiary/aromatic N) is 2. The summed E-state index contributed by atoms with van der Waals surface area (Å²) in [6.45, 7) is 0. The number of para-hydroxylation sites is 4. The van der Waals surface area contributed by atoms with E-state index in [1.165, 1.54) is 51.5 Å². The van der Waals surface area contributed by atoms with Gasteiger partial charge in [0, 0.05) is 74.7 Å². The van der Waals surface area contributed by atoms with E-state index in [1.54, 1.807) is 0 Å². The Bertz CT molecular complexity index is 3070. The molecule has 2 atom stereocenters. The Morgan fingerprint density at radius 3 is 1.64 bits per heavy atom. The van der Waals surface area contributed by atoms with Crippen molar-refractivity contribution >= 4 is 97.1 Å². The lowest BCUT2D eigenvalue weighted by atomic mass is 9.76. The number of allylic oxidation sites excluding steroid dienone is 4. The predicted octanol–water partition coefficient (Wildman–Crippen LogP) is 16.6. The van der Waals surface area contributed by atoms with Gasteiger partial charge < -0.3 is 9.80 Å². The fourth-order valence-electron chi connectivity index (χ4n) is 9.14. The Morgan fingerprint density at radius 1 is 0.424 bits per heavy atom. The van der Waals surface area contributed by atoms with Crippen molar-refractivity contribution in [3.63, 3.8) is 0 Å². The summed E-state index contributed by atoms with van der Waals surface area (Å²) >= 11 is 3.79. The summed E-state index contributed by atoms with van der Waals surface area (Å²) in [5.41, 5.74) is 9.49. The van der Waals surface area contributed by atoms with Gasteiger partial charge in [0.25, 0.3) is 0 Å². The van der Waals surface area contributed by atoms with Crippen LogP contribution in [0.25, 0.3) is 40.3 Å². The molecule has 0 bridgehead atoms. The summed E-state index contributed by atoms with van der Waals surface area (Å²) in [6.07, 6.45) is 10.2. The number of hydrogen-bond acceptors (Lipinski definition) is 4. The van der Waals surface area contributed by atoms with E-state index in [-0.39, 0.29) is 5.92 Å². The van der Waals surface area contributed by atoms with Gasteiger partial charge in [-0.25, -0.2) is 0 Å². The van der Waals surface area contributed by atoms with Crippen LogP contribution in [0, 0.1) is 5.92 Å². The zero-order chi connectivity index (χ0) is 39.1. The van der Waals surface area contributed by atoms with Gasteiger partial charge in [-0.15, -0.1) is 22.7 Å². The molecule has 2 heterocycles. The highest BCUT2D eigenvalue weighted by Crippen LogP contribution is 2.51. The van der Waals surface area contributed by atoms with Crippen LogP contribution in [0.4, 0.5) is 34.1 Å². The van der Waals surface area contributed by atoms with Crippen molar-refractivity contribution < 1.29 is 0 Å². The van der Waals surface area contributed by atoms with Gasteiger partial charge >= 0.3 is 0 Å². The third-order valence-corrected chi connectivity index (χ3v) is 13.9. The molecule has 0 fully saturated rings. The first kappa shape index (κ1) is 35.4. The van der Waals surface area contributed by atoms with Crippen molar-refractivity contribution in [1.29, 1.82) is 0 Å². The van der Waals surface area contributed by atoms with Crippen LogP contribution < -0.4 is 9.80 Å². The van der Waals surface area contributed by atoms with Crippen molar-refractivity contribution in [2.75, 3.05) is 9.80 Å². The summed E-state index contributed by atoms with van der Waals surface area (Å²) in [7, 11) is 0. The lowest BCUT2D eigenvalue weighted by Gasteiger charge is -2.30. The Kier molecular flexibility index (Phi) is 9.15. The summed E-state index contributed by atoms with van der Waals surface area (Å²) in [5, 5.41) is 5.29. The second-order valence-electron chi connectivity index (χ2n) is 15.2. The molecule has 0 saturated carbocycles. The number of rotatable bonds is 9. The highest BCUT2D eigenvalue weighted by atomic mass is 32.1. The van der Waals surface area contributed by atoms with E-state index in [9.17, 15) is 0 Å². The average molecular weight is 793 g/mol. The molecule has 2 unspecified atom stereocenters. The molecule has 10 aromatic rings. The van der Waals surface area contributed by atoms with Crippen LogP contribution in [0.3, 0.4) is 0 Å². The number of anilines is 6. The Hall–Kier alpha value is -6.72. The number of fused-ring (bicyclic) bond motifs is 6. The summed E-state index contributed by atoms with van der Waals surface area (Å²) in [6, 6.07) is 71.2. The van der Waals surface area contributed by atoms with E-state index in [0.717, 1.165) is 40.5 Å². The van der Waals surface area contributed by atoms with E-state index in [1.807, 2.05) is 22.7 Å². The lowest BCUT2D eigenvalue weighted by Crippen LogP contribution is -2.14. The van der Waals surface area contributed by atoms with E-state index in [0.29, 0.717) is 5.92 Å². The highest BCUT2D eigenvalue weighted by Gasteiger charge is 2.28. The number of benzene rings is 8. The average Bonchev–Trinajstić information content (AvgIpc) is 3.87. The van der Waals surface area contributed by atoms with Crippen LogP contribution in [0.15, 0.2) is 218 Å². The van der Waals surface area contributed by atoms with Gasteiger partial charge in [0.1, 0.15) is 0 Å². The molecule has 11 rings (SSSR count). The molecule has 0 amide bonds. The maximum Gasteiger partial charge on any atom is 0.0575 e. The largest absolute Gasteiger partial charge is 0.310 e. The maximum absolute atomic E-state index is 2.53. The first-order chi connectivity index (χ1) is 29.3.